The maximum atomic E-state index is 13.9. The molecule has 5 aromatic rings. The number of hydrogen-bond acceptors (Lipinski definition) is 3. The van der Waals surface area contributed by atoms with Gasteiger partial charge in [0.2, 0.25) is 0 Å². The molecular formula is C29H20BrN3OS. The number of thiazole rings is 1. The molecule has 0 fully saturated rings. The summed E-state index contributed by atoms with van der Waals surface area (Å²) in [4.78, 5) is 23.0. The smallest absolute Gasteiger partial charge is 0.271 e. The van der Waals surface area contributed by atoms with Gasteiger partial charge >= 0.3 is 0 Å². The molecule has 0 saturated carbocycles. The second-order valence-corrected chi connectivity index (χ2v) is 10.9. The van der Waals surface area contributed by atoms with Crippen molar-refractivity contribution in [2.75, 3.05) is 0 Å². The number of H-pyrrole nitrogens is 1. The third kappa shape index (κ3) is 3.32. The highest BCUT2D eigenvalue weighted by atomic mass is 79.9. The van der Waals surface area contributed by atoms with Crippen LogP contribution in [-0.4, -0.2) is 9.55 Å². The standard InChI is InChI=1S/C29H20BrN3OS/c30-20-12-9-18(10-13-20)27-23-14-11-17-5-1-2-7-22(17)26(23)32-29-33(27)28(34)25(35-29)15-19-16-31-24-8-4-3-6-21(19)24/h1-10,12-13,15-16,27,31H,11,14H2/b25-15-/t27-/m0/s1. The molecule has 1 atom stereocenters. The van der Waals surface area contributed by atoms with Crippen LogP contribution in [0, 0.1) is 0 Å². The van der Waals surface area contributed by atoms with Crippen molar-refractivity contribution in [1.29, 1.82) is 0 Å². The first-order valence-corrected chi connectivity index (χ1v) is 13.2. The van der Waals surface area contributed by atoms with Crippen LogP contribution in [0.2, 0.25) is 0 Å². The van der Waals surface area contributed by atoms with Crippen LogP contribution in [0.15, 0.2) is 98.8 Å². The van der Waals surface area contributed by atoms with Crippen LogP contribution in [0.1, 0.15) is 34.7 Å². The van der Waals surface area contributed by atoms with Gasteiger partial charge in [0.1, 0.15) is 0 Å². The summed E-state index contributed by atoms with van der Waals surface area (Å²) in [7, 11) is 0. The minimum atomic E-state index is -0.159. The summed E-state index contributed by atoms with van der Waals surface area (Å²) in [5.74, 6) is 0. The molecule has 0 amide bonds. The number of allylic oxidation sites excluding steroid dienone is 1. The maximum Gasteiger partial charge on any atom is 0.271 e. The summed E-state index contributed by atoms with van der Waals surface area (Å²) in [5, 5.41) is 1.11. The van der Waals surface area contributed by atoms with Gasteiger partial charge in [-0.15, -0.1) is 0 Å². The Labute approximate surface area is 213 Å². The molecule has 6 heteroatoms. The van der Waals surface area contributed by atoms with Gasteiger partial charge in [-0.05, 0) is 53.8 Å². The van der Waals surface area contributed by atoms with Gasteiger partial charge < -0.3 is 4.98 Å². The Morgan fingerprint density at radius 2 is 1.80 bits per heavy atom. The fourth-order valence-corrected chi connectivity index (χ4v) is 6.58. The monoisotopic (exact) mass is 537 g/mol. The summed E-state index contributed by atoms with van der Waals surface area (Å²) in [6.45, 7) is 0. The van der Waals surface area contributed by atoms with E-state index in [9.17, 15) is 4.79 Å². The van der Waals surface area contributed by atoms with E-state index in [4.69, 9.17) is 4.99 Å². The van der Waals surface area contributed by atoms with Crippen LogP contribution < -0.4 is 14.9 Å². The van der Waals surface area contributed by atoms with Crippen molar-refractivity contribution in [1.82, 2.24) is 9.55 Å². The molecule has 170 valence electrons. The number of para-hydroxylation sites is 1. The van der Waals surface area contributed by atoms with Gasteiger partial charge in [-0.1, -0.05) is 81.9 Å². The molecule has 3 aromatic carbocycles. The van der Waals surface area contributed by atoms with E-state index in [-0.39, 0.29) is 11.6 Å². The number of benzene rings is 3. The van der Waals surface area contributed by atoms with E-state index in [1.54, 1.807) is 0 Å². The van der Waals surface area contributed by atoms with Gasteiger partial charge in [0.05, 0.1) is 16.3 Å². The molecule has 35 heavy (non-hydrogen) atoms. The highest BCUT2D eigenvalue weighted by molar-refractivity contribution is 9.10. The largest absolute Gasteiger partial charge is 0.361 e. The average molecular weight is 538 g/mol. The number of aromatic nitrogens is 2. The second-order valence-electron chi connectivity index (χ2n) is 8.95. The lowest BCUT2D eigenvalue weighted by Gasteiger charge is -2.30. The Balaban J connectivity index is 1.50. The minimum Gasteiger partial charge on any atom is -0.361 e. The Hall–Kier alpha value is -3.48. The molecule has 0 radical (unpaired) electrons. The molecular weight excluding hydrogens is 518 g/mol. The van der Waals surface area contributed by atoms with Crippen molar-refractivity contribution in [2.24, 2.45) is 4.99 Å². The molecule has 2 aliphatic rings. The first-order chi connectivity index (χ1) is 17.2. The summed E-state index contributed by atoms with van der Waals surface area (Å²) >= 11 is 5.03. The van der Waals surface area contributed by atoms with E-state index in [0.29, 0.717) is 4.53 Å². The highest BCUT2D eigenvalue weighted by Gasteiger charge is 2.32. The first-order valence-electron chi connectivity index (χ1n) is 11.6. The van der Waals surface area contributed by atoms with Crippen LogP contribution in [0.5, 0.6) is 0 Å². The number of hydrogen-bond donors (Lipinski definition) is 1. The molecule has 4 nitrogen and oxygen atoms in total. The van der Waals surface area contributed by atoms with Crippen molar-refractivity contribution in [3.63, 3.8) is 0 Å². The van der Waals surface area contributed by atoms with Gasteiger partial charge in [0, 0.05) is 32.7 Å². The van der Waals surface area contributed by atoms with Crippen molar-refractivity contribution >= 4 is 49.9 Å². The van der Waals surface area contributed by atoms with Gasteiger partial charge in [0.25, 0.3) is 5.56 Å². The Kier molecular flexibility index (Phi) is 4.79. The molecule has 1 N–H and O–H groups in total. The third-order valence-electron chi connectivity index (χ3n) is 6.97. The van der Waals surface area contributed by atoms with E-state index >= 15 is 0 Å². The zero-order chi connectivity index (χ0) is 23.5. The molecule has 1 aliphatic heterocycles. The summed E-state index contributed by atoms with van der Waals surface area (Å²) in [6.07, 6.45) is 5.81. The fourth-order valence-electron chi connectivity index (χ4n) is 5.32. The van der Waals surface area contributed by atoms with E-state index in [1.807, 2.05) is 47.2 Å². The third-order valence-corrected chi connectivity index (χ3v) is 8.48. The van der Waals surface area contributed by atoms with E-state index in [2.05, 4.69) is 63.4 Å². The first kappa shape index (κ1) is 20.9. The van der Waals surface area contributed by atoms with Crippen molar-refractivity contribution in [3.05, 3.63) is 131 Å². The predicted octanol–water partition coefficient (Wildman–Crippen LogP) is 5.56. The normalized spacial score (nSPS) is 17.2. The number of aromatic amines is 1. The summed E-state index contributed by atoms with van der Waals surface area (Å²) < 4.78 is 3.63. The number of aryl methyl sites for hydroxylation is 1. The Morgan fingerprint density at radius 1 is 1.00 bits per heavy atom. The van der Waals surface area contributed by atoms with Crippen LogP contribution in [0.4, 0.5) is 0 Å². The van der Waals surface area contributed by atoms with Crippen molar-refractivity contribution < 1.29 is 0 Å². The molecule has 7 rings (SSSR count). The number of fused-ring (bicyclic) bond motifs is 4. The fraction of sp³-hybridized carbons (Fsp3) is 0.103. The Morgan fingerprint density at radius 3 is 2.69 bits per heavy atom. The molecule has 1 aliphatic carbocycles. The predicted molar refractivity (Wildman–Crippen MR) is 145 cm³/mol. The van der Waals surface area contributed by atoms with Crippen LogP contribution >= 0.6 is 27.3 Å². The van der Waals surface area contributed by atoms with E-state index in [1.165, 1.54) is 28.0 Å². The van der Waals surface area contributed by atoms with E-state index in [0.717, 1.165) is 49.8 Å². The van der Waals surface area contributed by atoms with Gasteiger partial charge in [-0.25, -0.2) is 4.99 Å². The number of nitrogens with zero attached hydrogens (tertiary/aromatic N) is 2. The summed E-state index contributed by atoms with van der Waals surface area (Å²) in [5.41, 5.74) is 7.95. The Bertz CT molecular complexity index is 1840. The molecule has 0 spiro atoms. The average Bonchev–Trinajstić information content (AvgIpc) is 3.44. The van der Waals surface area contributed by atoms with Crippen LogP contribution in [0.25, 0.3) is 22.7 Å². The van der Waals surface area contributed by atoms with Crippen LogP contribution in [0.3, 0.4) is 0 Å². The zero-order valence-electron chi connectivity index (χ0n) is 18.7. The van der Waals surface area contributed by atoms with Crippen molar-refractivity contribution in [3.8, 4) is 0 Å². The lowest BCUT2D eigenvalue weighted by atomic mass is 9.83. The minimum absolute atomic E-state index is 0.0114. The quantitative estimate of drug-likeness (QED) is 0.314. The number of rotatable bonds is 2. The lowest BCUT2D eigenvalue weighted by Crippen LogP contribution is -2.38. The van der Waals surface area contributed by atoms with Gasteiger partial charge in [-0.2, -0.15) is 0 Å². The lowest BCUT2D eigenvalue weighted by molar-refractivity contribution is 0.585. The molecule has 2 aromatic heterocycles. The molecule has 0 unspecified atom stereocenters. The maximum absolute atomic E-state index is 13.9. The van der Waals surface area contributed by atoms with Crippen molar-refractivity contribution in [2.45, 2.75) is 18.9 Å². The summed E-state index contributed by atoms with van der Waals surface area (Å²) in [6, 6.07) is 24.8. The number of halogens is 1. The molecule has 0 saturated heterocycles. The molecule has 3 heterocycles. The van der Waals surface area contributed by atoms with Gasteiger partial charge in [-0.3, -0.25) is 9.36 Å². The zero-order valence-corrected chi connectivity index (χ0v) is 21.1. The highest BCUT2D eigenvalue weighted by Crippen LogP contribution is 2.41. The second kappa shape index (κ2) is 8.04. The number of nitrogens with one attached hydrogen (secondary N) is 1. The van der Waals surface area contributed by atoms with Crippen LogP contribution in [-0.2, 0) is 6.42 Å². The van der Waals surface area contributed by atoms with Gasteiger partial charge in [0.15, 0.2) is 4.80 Å². The topological polar surface area (TPSA) is 50.1 Å². The molecule has 0 bridgehead atoms. The van der Waals surface area contributed by atoms with E-state index < -0.39 is 0 Å². The SMILES string of the molecule is O=c1/c(=C/c2c[nH]c3ccccc23)sc2n1[C@@H](c1ccc(Br)cc1)C1=C(N=2)c2ccccc2CC1.